The number of anilines is 1. The number of benzene rings is 4. The Bertz CT molecular complexity index is 1640. The monoisotopic (exact) mass is 660 g/mol. The van der Waals surface area contributed by atoms with Crippen molar-refractivity contribution in [2.75, 3.05) is 18.5 Å². The van der Waals surface area contributed by atoms with Crippen LogP contribution in [0.15, 0.2) is 95.0 Å². The van der Waals surface area contributed by atoms with E-state index in [-0.39, 0.29) is 12.2 Å². The van der Waals surface area contributed by atoms with Crippen LogP contribution in [0.1, 0.15) is 30.5 Å². The SMILES string of the molecule is CCOc1cc(COc2c(Br)cc(/C=C(\C#N)C(=O)Nc3ccccc3Cl)cc2OCC)ccc1OCc1ccccc1. The van der Waals surface area contributed by atoms with Crippen LogP contribution < -0.4 is 24.3 Å². The molecule has 0 saturated carbocycles. The number of amides is 1. The summed E-state index contributed by atoms with van der Waals surface area (Å²) >= 11 is 9.71. The Hall–Kier alpha value is -4.45. The zero-order valence-corrected chi connectivity index (χ0v) is 26.1. The van der Waals surface area contributed by atoms with Crippen molar-refractivity contribution in [2.45, 2.75) is 27.1 Å². The molecule has 0 atom stereocenters. The van der Waals surface area contributed by atoms with Gasteiger partial charge in [-0.3, -0.25) is 4.79 Å². The Balaban J connectivity index is 1.51. The molecule has 0 heterocycles. The summed E-state index contributed by atoms with van der Waals surface area (Å²) in [5, 5.41) is 12.7. The maximum atomic E-state index is 12.8. The number of carbonyl (C=O) groups excluding carboxylic acids is 1. The average molecular weight is 662 g/mol. The summed E-state index contributed by atoms with van der Waals surface area (Å²) in [6.45, 7) is 5.32. The van der Waals surface area contributed by atoms with Crippen molar-refractivity contribution in [1.82, 2.24) is 0 Å². The van der Waals surface area contributed by atoms with Gasteiger partial charge in [-0.1, -0.05) is 60.1 Å². The zero-order chi connectivity index (χ0) is 30.6. The molecule has 0 unspecified atom stereocenters. The van der Waals surface area contributed by atoms with Crippen LogP contribution in [-0.2, 0) is 18.0 Å². The third-order valence-corrected chi connectivity index (χ3v) is 6.98. The molecule has 0 aromatic heterocycles. The molecule has 7 nitrogen and oxygen atoms in total. The molecule has 1 amide bonds. The Morgan fingerprint density at radius 2 is 1.53 bits per heavy atom. The summed E-state index contributed by atoms with van der Waals surface area (Å²) in [7, 11) is 0. The highest BCUT2D eigenvalue weighted by Gasteiger charge is 2.16. The molecule has 9 heteroatoms. The molecule has 0 fully saturated rings. The largest absolute Gasteiger partial charge is 0.490 e. The molecule has 0 aliphatic carbocycles. The number of rotatable bonds is 13. The van der Waals surface area contributed by atoms with E-state index in [1.54, 1.807) is 36.4 Å². The van der Waals surface area contributed by atoms with E-state index < -0.39 is 5.91 Å². The first kappa shape index (κ1) is 31.5. The van der Waals surface area contributed by atoms with Crippen molar-refractivity contribution in [2.24, 2.45) is 0 Å². The van der Waals surface area contributed by atoms with Crippen LogP contribution in [0.25, 0.3) is 6.08 Å². The molecule has 0 radical (unpaired) electrons. The quantitative estimate of drug-likeness (QED) is 0.114. The fourth-order valence-corrected chi connectivity index (χ4v) is 4.82. The van der Waals surface area contributed by atoms with Gasteiger partial charge in [-0.2, -0.15) is 5.26 Å². The summed E-state index contributed by atoms with van der Waals surface area (Å²) < 4.78 is 24.5. The Morgan fingerprint density at radius 1 is 0.837 bits per heavy atom. The van der Waals surface area contributed by atoms with Gasteiger partial charge in [0.25, 0.3) is 5.91 Å². The smallest absolute Gasteiger partial charge is 0.266 e. The minimum Gasteiger partial charge on any atom is -0.490 e. The van der Waals surface area contributed by atoms with Gasteiger partial charge in [0.05, 0.1) is 28.4 Å². The number of hydrogen-bond acceptors (Lipinski definition) is 6. The summed E-state index contributed by atoms with van der Waals surface area (Å²) in [5.41, 5.74) is 2.83. The number of ether oxygens (including phenoxy) is 4. The van der Waals surface area contributed by atoms with E-state index in [1.165, 1.54) is 6.08 Å². The third kappa shape index (κ3) is 8.77. The van der Waals surface area contributed by atoms with E-state index in [0.29, 0.717) is 63.6 Å². The van der Waals surface area contributed by atoms with Crippen molar-refractivity contribution >= 4 is 45.2 Å². The highest BCUT2D eigenvalue weighted by molar-refractivity contribution is 9.10. The third-order valence-electron chi connectivity index (χ3n) is 6.06. The van der Waals surface area contributed by atoms with Gasteiger partial charge in [-0.15, -0.1) is 0 Å². The van der Waals surface area contributed by atoms with Crippen LogP contribution in [0.4, 0.5) is 5.69 Å². The number of nitrogens with zero attached hydrogens (tertiary/aromatic N) is 1. The summed E-state index contributed by atoms with van der Waals surface area (Å²) in [5.74, 6) is 1.64. The van der Waals surface area contributed by atoms with Gasteiger partial charge in [0, 0.05) is 0 Å². The number of hydrogen-bond donors (Lipinski definition) is 1. The molecule has 4 rings (SSSR count). The predicted octanol–water partition coefficient (Wildman–Crippen LogP) is 8.60. The molecule has 220 valence electrons. The molecule has 43 heavy (non-hydrogen) atoms. The number of para-hydroxylation sites is 1. The van der Waals surface area contributed by atoms with Crippen molar-refractivity contribution in [3.8, 4) is 29.1 Å². The van der Waals surface area contributed by atoms with Crippen molar-refractivity contribution in [3.63, 3.8) is 0 Å². The van der Waals surface area contributed by atoms with Gasteiger partial charge in [0.15, 0.2) is 23.0 Å². The maximum Gasteiger partial charge on any atom is 0.266 e. The van der Waals surface area contributed by atoms with Crippen LogP contribution in [0.3, 0.4) is 0 Å². The molecule has 4 aromatic carbocycles. The first-order valence-electron chi connectivity index (χ1n) is 13.6. The number of nitrogens with one attached hydrogen (secondary N) is 1. The standard InChI is InChI=1S/C34H30BrClN2O5/c1-3-40-31-18-24(14-15-30(31)42-21-23-10-6-5-7-11-23)22-43-33-27(35)17-25(19-32(33)41-4-2)16-26(20-37)34(39)38-29-13-9-8-12-28(29)36/h5-19H,3-4,21-22H2,1-2H3,(H,38,39)/b26-16+. The normalized spacial score (nSPS) is 10.9. The van der Waals surface area contributed by atoms with Crippen molar-refractivity contribution < 1.29 is 23.7 Å². The minimum absolute atomic E-state index is 0.0963. The van der Waals surface area contributed by atoms with Gasteiger partial charge in [0.2, 0.25) is 0 Å². The first-order valence-corrected chi connectivity index (χ1v) is 14.8. The highest BCUT2D eigenvalue weighted by Crippen LogP contribution is 2.39. The van der Waals surface area contributed by atoms with E-state index in [9.17, 15) is 10.1 Å². The zero-order valence-electron chi connectivity index (χ0n) is 23.7. The molecule has 4 aromatic rings. The second kappa shape index (κ2) is 15.7. The van der Waals surface area contributed by atoms with E-state index in [0.717, 1.165) is 11.1 Å². The van der Waals surface area contributed by atoms with E-state index in [2.05, 4.69) is 21.2 Å². The topological polar surface area (TPSA) is 89.8 Å². The Kier molecular flexibility index (Phi) is 11.5. The predicted molar refractivity (Wildman–Crippen MR) is 172 cm³/mol. The van der Waals surface area contributed by atoms with E-state index in [4.69, 9.17) is 30.5 Å². The molecular weight excluding hydrogens is 632 g/mol. The molecule has 0 spiro atoms. The first-order chi connectivity index (χ1) is 20.9. The van der Waals surface area contributed by atoms with Gasteiger partial charge >= 0.3 is 0 Å². The second-order valence-electron chi connectivity index (χ2n) is 9.14. The Labute approximate surface area is 264 Å². The lowest BCUT2D eigenvalue weighted by atomic mass is 10.1. The van der Waals surface area contributed by atoms with Crippen molar-refractivity contribution in [1.29, 1.82) is 5.26 Å². The molecule has 0 aliphatic rings. The van der Waals surface area contributed by atoms with Crippen molar-refractivity contribution in [3.05, 3.63) is 117 Å². The lowest BCUT2D eigenvalue weighted by molar-refractivity contribution is -0.112. The number of nitriles is 1. The second-order valence-corrected chi connectivity index (χ2v) is 10.4. The summed E-state index contributed by atoms with van der Waals surface area (Å²) in [4.78, 5) is 12.8. The molecule has 0 bridgehead atoms. The minimum atomic E-state index is -0.577. The summed E-state index contributed by atoms with van der Waals surface area (Å²) in [6.07, 6.45) is 1.48. The molecule has 1 N–H and O–H groups in total. The van der Waals surface area contributed by atoms with Gasteiger partial charge in [0.1, 0.15) is 24.9 Å². The number of carbonyl (C=O) groups is 1. The average Bonchev–Trinajstić information content (AvgIpc) is 3.01. The fourth-order valence-electron chi connectivity index (χ4n) is 4.06. The number of halogens is 2. The van der Waals surface area contributed by atoms with E-state index in [1.807, 2.05) is 68.4 Å². The van der Waals surface area contributed by atoms with E-state index >= 15 is 0 Å². The van der Waals surface area contributed by atoms with Gasteiger partial charge < -0.3 is 24.3 Å². The van der Waals surface area contributed by atoms with Crippen LogP contribution in [-0.4, -0.2) is 19.1 Å². The van der Waals surface area contributed by atoms with Crippen LogP contribution >= 0.6 is 27.5 Å². The lowest BCUT2D eigenvalue weighted by Crippen LogP contribution is -2.13. The van der Waals surface area contributed by atoms with Gasteiger partial charge in [-0.25, -0.2) is 0 Å². The van der Waals surface area contributed by atoms with Gasteiger partial charge in [-0.05, 0) is 88.9 Å². The molecular formula is C34H30BrClN2O5. The molecule has 0 saturated heterocycles. The summed E-state index contributed by atoms with van der Waals surface area (Å²) in [6, 6.07) is 27.9. The fraction of sp³-hybridized carbons (Fsp3) is 0.176. The van der Waals surface area contributed by atoms with Crippen LogP contribution in [0.5, 0.6) is 23.0 Å². The lowest BCUT2D eigenvalue weighted by Gasteiger charge is -2.16. The Morgan fingerprint density at radius 3 is 2.26 bits per heavy atom. The maximum absolute atomic E-state index is 12.8. The molecule has 0 aliphatic heterocycles. The van der Waals surface area contributed by atoms with Crippen LogP contribution in [0, 0.1) is 11.3 Å². The van der Waals surface area contributed by atoms with Crippen LogP contribution in [0.2, 0.25) is 5.02 Å². The highest BCUT2D eigenvalue weighted by atomic mass is 79.9.